The molecule has 0 heterocycles. The van der Waals surface area contributed by atoms with Crippen LogP contribution in [0.25, 0.3) is 0 Å². The van der Waals surface area contributed by atoms with E-state index >= 15 is 0 Å². The van der Waals surface area contributed by atoms with E-state index in [2.05, 4.69) is 15.9 Å². The Morgan fingerprint density at radius 2 is 1.95 bits per heavy atom. The minimum Gasteiger partial charge on any atom is -0.496 e. The summed E-state index contributed by atoms with van der Waals surface area (Å²) in [5.74, 6) is 0.432. The van der Waals surface area contributed by atoms with Crippen LogP contribution in [0.4, 0.5) is 4.39 Å². The van der Waals surface area contributed by atoms with Crippen molar-refractivity contribution in [3.63, 3.8) is 0 Å². The summed E-state index contributed by atoms with van der Waals surface area (Å²) in [4.78, 5) is 0. The highest BCUT2D eigenvalue weighted by molar-refractivity contribution is 9.10. The monoisotopic (exact) mass is 342 g/mol. The van der Waals surface area contributed by atoms with E-state index in [0.717, 1.165) is 10.0 Å². The summed E-state index contributed by atoms with van der Waals surface area (Å²) in [6.07, 6.45) is 0. The van der Waals surface area contributed by atoms with E-state index in [1.165, 1.54) is 6.07 Å². The van der Waals surface area contributed by atoms with Crippen LogP contribution in [0.2, 0.25) is 0 Å². The number of rotatable bonds is 3. The highest BCUT2D eigenvalue weighted by Gasteiger charge is 2.17. The summed E-state index contributed by atoms with van der Waals surface area (Å²) in [6.45, 7) is 1.72. The first kappa shape index (κ1) is 14.4. The Morgan fingerprint density at radius 3 is 2.58 bits per heavy atom. The second kappa shape index (κ2) is 5.93. The fourth-order valence-electron chi connectivity index (χ4n) is 1.85. The van der Waals surface area contributed by atoms with E-state index in [4.69, 9.17) is 16.3 Å². The van der Waals surface area contributed by atoms with Crippen LogP contribution >= 0.6 is 27.5 Å². The van der Waals surface area contributed by atoms with Gasteiger partial charge in [0.2, 0.25) is 0 Å². The third kappa shape index (κ3) is 3.10. The Kier molecular flexibility index (Phi) is 4.48. The predicted octanol–water partition coefficient (Wildman–Crippen LogP) is 5.23. The number of methoxy groups -OCH3 is 1. The SMILES string of the molecule is COc1ccc(Br)cc1C(Cl)c1ccc(C)c(F)c1. The molecular weight excluding hydrogens is 331 g/mol. The number of alkyl halides is 1. The first-order valence-electron chi connectivity index (χ1n) is 5.76. The van der Waals surface area contributed by atoms with Gasteiger partial charge < -0.3 is 4.74 Å². The molecule has 100 valence electrons. The van der Waals surface area contributed by atoms with Gasteiger partial charge in [0.25, 0.3) is 0 Å². The van der Waals surface area contributed by atoms with Gasteiger partial charge in [0.15, 0.2) is 0 Å². The molecule has 1 unspecified atom stereocenters. The van der Waals surface area contributed by atoms with E-state index in [0.29, 0.717) is 16.9 Å². The van der Waals surface area contributed by atoms with Gasteiger partial charge >= 0.3 is 0 Å². The molecule has 2 rings (SSSR count). The normalized spacial score (nSPS) is 12.3. The highest BCUT2D eigenvalue weighted by Crippen LogP contribution is 2.37. The average molecular weight is 344 g/mol. The molecule has 1 nitrogen and oxygen atoms in total. The molecule has 0 N–H and O–H groups in total. The van der Waals surface area contributed by atoms with Crippen LogP contribution in [0.3, 0.4) is 0 Å². The molecule has 0 aliphatic rings. The fourth-order valence-corrected chi connectivity index (χ4v) is 2.53. The quantitative estimate of drug-likeness (QED) is 0.693. The minimum atomic E-state index is -0.456. The molecule has 2 aromatic carbocycles. The summed E-state index contributed by atoms with van der Waals surface area (Å²) in [5.41, 5.74) is 2.12. The van der Waals surface area contributed by atoms with Crippen LogP contribution in [0.15, 0.2) is 40.9 Å². The number of benzene rings is 2. The van der Waals surface area contributed by atoms with Crippen LogP contribution in [-0.4, -0.2) is 7.11 Å². The van der Waals surface area contributed by atoms with Crippen molar-refractivity contribution in [1.82, 2.24) is 0 Å². The van der Waals surface area contributed by atoms with Crippen molar-refractivity contribution in [2.75, 3.05) is 7.11 Å². The van der Waals surface area contributed by atoms with Crippen LogP contribution in [0, 0.1) is 12.7 Å². The molecule has 0 fully saturated rings. The molecule has 19 heavy (non-hydrogen) atoms. The number of halogens is 3. The maximum atomic E-state index is 13.6. The molecule has 1 atom stereocenters. The molecule has 0 saturated heterocycles. The molecule has 0 spiro atoms. The van der Waals surface area contributed by atoms with Crippen molar-refractivity contribution in [3.05, 3.63) is 63.4 Å². The van der Waals surface area contributed by atoms with Crippen molar-refractivity contribution in [1.29, 1.82) is 0 Å². The van der Waals surface area contributed by atoms with Gasteiger partial charge in [0, 0.05) is 10.0 Å². The standard InChI is InChI=1S/C15H13BrClFO/c1-9-3-4-10(7-13(9)18)15(17)12-8-11(16)5-6-14(12)19-2/h3-8,15H,1-2H3. The lowest BCUT2D eigenvalue weighted by Gasteiger charge is -2.15. The van der Waals surface area contributed by atoms with Gasteiger partial charge in [-0.05, 0) is 42.3 Å². The zero-order chi connectivity index (χ0) is 14.0. The molecule has 0 saturated carbocycles. The van der Waals surface area contributed by atoms with Gasteiger partial charge in [-0.2, -0.15) is 0 Å². The summed E-state index contributed by atoms with van der Waals surface area (Å²) >= 11 is 9.85. The Bertz CT molecular complexity index is 601. The van der Waals surface area contributed by atoms with E-state index in [-0.39, 0.29) is 5.82 Å². The van der Waals surface area contributed by atoms with E-state index in [1.807, 2.05) is 24.3 Å². The Morgan fingerprint density at radius 1 is 1.21 bits per heavy atom. The van der Waals surface area contributed by atoms with Gasteiger partial charge in [-0.3, -0.25) is 0 Å². The van der Waals surface area contributed by atoms with Crippen molar-refractivity contribution in [2.45, 2.75) is 12.3 Å². The summed E-state index contributed by atoms with van der Waals surface area (Å²) < 4.78 is 19.8. The van der Waals surface area contributed by atoms with E-state index in [9.17, 15) is 4.39 Å². The molecule has 4 heteroatoms. The lowest BCUT2D eigenvalue weighted by atomic mass is 10.0. The van der Waals surface area contributed by atoms with E-state index < -0.39 is 5.38 Å². The number of hydrogen-bond donors (Lipinski definition) is 0. The zero-order valence-electron chi connectivity index (χ0n) is 10.6. The maximum absolute atomic E-state index is 13.6. The van der Waals surface area contributed by atoms with Crippen molar-refractivity contribution < 1.29 is 9.13 Å². The van der Waals surface area contributed by atoms with Crippen LogP contribution in [0.1, 0.15) is 22.1 Å². The number of ether oxygens (including phenoxy) is 1. The second-order valence-corrected chi connectivity index (χ2v) is 5.61. The maximum Gasteiger partial charge on any atom is 0.126 e. The molecular formula is C15H13BrClFO. The topological polar surface area (TPSA) is 9.23 Å². The van der Waals surface area contributed by atoms with Crippen molar-refractivity contribution >= 4 is 27.5 Å². The van der Waals surface area contributed by atoms with Crippen molar-refractivity contribution in [3.8, 4) is 5.75 Å². The molecule has 0 aromatic heterocycles. The predicted molar refractivity (Wildman–Crippen MR) is 79.5 cm³/mol. The smallest absolute Gasteiger partial charge is 0.126 e. The van der Waals surface area contributed by atoms with Gasteiger partial charge in [-0.25, -0.2) is 4.39 Å². The van der Waals surface area contributed by atoms with Crippen molar-refractivity contribution in [2.24, 2.45) is 0 Å². The third-order valence-corrected chi connectivity index (χ3v) is 3.93. The molecule has 0 radical (unpaired) electrons. The highest BCUT2D eigenvalue weighted by atomic mass is 79.9. The van der Waals surface area contributed by atoms with Crippen LogP contribution in [0.5, 0.6) is 5.75 Å². The number of aryl methyl sites for hydroxylation is 1. The first-order chi connectivity index (χ1) is 9.02. The molecule has 0 aliphatic carbocycles. The number of hydrogen-bond acceptors (Lipinski definition) is 1. The third-order valence-electron chi connectivity index (χ3n) is 2.95. The molecule has 2 aromatic rings. The zero-order valence-corrected chi connectivity index (χ0v) is 12.9. The Labute approximate surface area is 125 Å². The minimum absolute atomic E-state index is 0.253. The second-order valence-electron chi connectivity index (χ2n) is 4.26. The van der Waals surface area contributed by atoms with Gasteiger partial charge in [0.05, 0.1) is 12.5 Å². The summed E-state index contributed by atoms with van der Waals surface area (Å²) in [5, 5.41) is -0.456. The molecule has 0 aliphatic heterocycles. The summed E-state index contributed by atoms with van der Waals surface area (Å²) in [7, 11) is 1.59. The first-order valence-corrected chi connectivity index (χ1v) is 6.99. The Balaban J connectivity index is 2.45. The lowest BCUT2D eigenvalue weighted by molar-refractivity contribution is 0.410. The molecule has 0 amide bonds. The molecule has 0 bridgehead atoms. The van der Waals surface area contributed by atoms with Gasteiger partial charge in [-0.15, -0.1) is 11.6 Å². The largest absolute Gasteiger partial charge is 0.496 e. The van der Waals surface area contributed by atoms with Gasteiger partial charge in [-0.1, -0.05) is 28.1 Å². The van der Waals surface area contributed by atoms with Crippen LogP contribution in [-0.2, 0) is 0 Å². The van der Waals surface area contributed by atoms with Crippen LogP contribution < -0.4 is 4.74 Å². The summed E-state index contributed by atoms with van der Waals surface area (Å²) in [6, 6.07) is 10.6. The Hall–Kier alpha value is -1.06. The fraction of sp³-hybridized carbons (Fsp3) is 0.200. The van der Waals surface area contributed by atoms with E-state index in [1.54, 1.807) is 20.1 Å². The lowest BCUT2D eigenvalue weighted by Crippen LogP contribution is -1.99. The average Bonchev–Trinajstić information content (AvgIpc) is 2.41. The van der Waals surface area contributed by atoms with Gasteiger partial charge in [0.1, 0.15) is 11.6 Å².